The predicted octanol–water partition coefficient (Wildman–Crippen LogP) is 12.4. The van der Waals surface area contributed by atoms with Crippen molar-refractivity contribution >= 4 is 144 Å². The lowest BCUT2D eigenvalue weighted by Gasteiger charge is -2.42. The number of nitrogens with two attached hydrogens (primary N) is 1. The number of benzene rings is 6. The monoisotopic (exact) mass is 1590 g/mol. The van der Waals surface area contributed by atoms with Gasteiger partial charge in [0.25, 0.3) is 30.1 Å². The van der Waals surface area contributed by atoms with Crippen LogP contribution in [0.15, 0.2) is 202 Å². The van der Waals surface area contributed by atoms with Crippen LogP contribution in [0.3, 0.4) is 0 Å². The molecule has 578 valence electrons. The van der Waals surface area contributed by atoms with Crippen LogP contribution in [0.1, 0.15) is 78.1 Å². The summed E-state index contributed by atoms with van der Waals surface area (Å²) in [5, 5.41) is 4.32. The highest BCUT2D eigenvalue weighted by Crippen LogP contribution is 2.34. The fourth-order valence-electron chi connectivity index (χ4n) is 14.0. The molecule has 33 heteroatoms. The first-order valence-corrected chi connectivity index (χ1v) is 41.2. The highest BCUT2D eigenvalue weighted by molar-refractivity contribution is 7.93. The van der Waals surface area contributed by atoms with E-state index in [1.165, 1.54) is 60.4 Å². The number of piperazine rings is 2. The molecular formula is C75H93ClF2N16O9S5. The topological polar surface area (TPSA) is 296 Å². The number of thiocarbonyl (C=S) groups is 1. The third-order valence-corrected chi connectivity index (χ3v) is 25.2. The lowest BCUT2D eigenvalue weighted by Crippen LogP contribution is -2.55. The maximum atomic E-state index is 14.5. The summed E-state index contributed by atoms with van der Waals surface area (Å²) in [4.78, 5) is 67.1. The van der Waals surface area contributed by atoms with E-state index in [2.05, 4.69) is 53.4 Å². The number of anilines is 5. The molecule has 0 radical (unpaired) electrons. The average Bonchev–Trinajstić information content (AvgIpc) is 1.52. The second kappa shape index (κ2) is 34.0. The summed E-state index contributed by atoms with van der Waals surface area (Å²) >= 11 is 12.1. The van der Waals surface area contributed by atoms with E-state index in [0.29, 0.717) is 93.5 Å². The number of carbonyl (C=O) groups is 3. The smallest absolute Gasteiger partial charge is 0.263 e. The summed E-state index contributed by atoms with van der Waals surface area (Å²) in [5.41, 5.74) is 11.4. The van der Waals surface area contributed by atoms with Crippen molar-refractivity contribution in [2.24, 2.45) is 10.7 Å². The van der Waals surface area contributed by atoms with E-state index in [1.54, 1.807) is 89.8 Å². The summed E-state index contributed by atoms with van der Waals surface area (Å²) < 4.78 is 114. The standard InChI is InChI=1S/C26H26ClN5O3S.C25H26FN5O3S2.C24H29FN6O3S2.6H2/c27-22-3-6-24-21(17-22)10-13-31(24)16-11-26(33)32-14-8-20(9-15-32)19-1-4-23(5-2-19)36(34,35)30-25-7-12-28-18-29-25;1-17-16-29(20-6-8-21(9-7-20)36(33,34)28-25-27-11-15-35-25)13-14-30(17)24(32)18(2)31-12-10-19-4-3-5-22(26)23(19)31;1-17(31-10-2-3-18-15-19(25)4-9-22(18)31)23(32)30-13-11-29(12-14-30)20-5-7-21(8-6-20)36(33,34)28-24(35)27-16-26;;;;;;/h1-7,10,12-13,17-18,20H,8-9,11,14-16H2,(H,28,29,30);3-12,15,17-18H,13-14,16H2,1-2H3,(H,27,28);4-9,15-17H,2-3,10-14H2,1H3,(H3,26,27,28,35);6*1H/t;17-,18-;17-;;;;;;/m.11....../s1. The molecule has 108 heavy (non-hydrogen) atoms. The van der Waals surface area contributed by atoms with Crippen molar-refractivity contribution in [2.45, 2.75) is 98.1 Å². The molecule has 4 aliphatic rings. The molecule has 5 N–H and O–H groups in total. The van der Waals surface area contributed by atoms with Crippen molar-refractivity contribution in [1.82, 2.24) is 43.5 Å². The molecule has 6 aromatic carbocycles. The molecule has 0 aliphatic carbocycles. The van der Waals surface area contributed by atoms with E-state index < -0.39 is 36.1 Å². The summed E-state index contributed by atoms with van der Waals surface area (Å²) in [5.74, 6) is 0.0629. The number of thiazole rings is 1. The van der Waals surface area contributed by atoms with Crippen molar-refractivity contribution in [2.75, 3.05) is 89.6 Å². The number of piperidine rings is 1. The minimum Gasteiger partial charge on any atom is -0.390 e. The molecule has 14 rings (SSSR count). The Morgan fingerprint density at radius 3 is 2.04 bits per heavy atom. The number of carbonyl (C=O) groups excluding carboxylic acids is 3. The summed E-state index contributed by atoms with van der Waals surface area (Å²) in [6.45, 7) is 12.6. The first-order valence-electron chi connectivity index (χ1n) is 35.1. The number of hydrogen-bond donors (Lipinski definition) is 4. The lowest BCUT2D eigenvalue weighted by atomic mass is 9.89. The molecule has 3 saturated heterocycles. The number of nitrogens with zero attached hydrogens (tertiary/aromatic N) is 12. The number of amides is 3. The minimum absolute atomic E-state index is 0. The second-order valence-corrected chi connectivity index (χ2v) is 33.2. The summed E-state index contributed by atoms with van der Waals surface area (Å²) in [7, 11) is -11.3. The number of hydrogen-bond acceptors (Lipinski definition) is 17. The third kappa shape index (κ3) is 18.4. The number of nitrogens with one attached hydrogen (secondary N) is 3. The van der Waals surface area contributed by atoms with Crippen molar-refractivity contribution in [3.63, 3.8) is 0 Å². The molecule has 0 bridgehead atoms. The summed E-state index contributed by atoms with van der Waals surface area (Å²) in [6, 6.07) is 39.9. The predicted molar refractivity (Wildman–Crippen MR) is 434 cm³/mol. The van der Waals surface area contributed by atoms with Crippen molar-refractivity contribution in [3.05, 3.63) is 210 Å². The molecule has 3 amide bonds. The number of fused-ring (bicyclic) bond motifs is 3. The van der Waals surface area contributed by atoms with Gasteiger partial charge < -0.3 is 44.3 Å². The number of para-hydroxylation sites is 1. The maximum Gasteiger partial charge on any atom is 0.263 e. The van der Waals surface area contributed by atoms with Gasteiger partial charge in [-0.2, -0.15) is 0 Å². The third-order valence-electron chi connectivity index (χ3n) is 19.7. The van der Waals surface area contributed by atoms with Crippen LogP contribution in [-0.2, 0) is 57.4 Å². The second-order valence-electron chi connectivity index (χ2n) is 26.5. The number of halogens is 3. The number of aromatic nitrogens is 5. The average molecular weight is 1600 g/mol. The van der Waals surface area contributed by atoms with Crippen LogP contribution in [0.25, 0.3) is 21.8 Å². The number of likely N-dealkylation sites (tertiary alicyclic amines) is 1. The lowest BCUT2D eigenvalue weighted by molar-refractivity contribution is -0.136. The first kappa shape index (κ1) is 77.5. The Balaban J connectivity index is 0.000000259. The van der Waals surface area contributed by atoms with Gasteiger partial charge in [-0.1, -0.05) is 35.9 Å². The van der Waals surface area contributed by atoms with E-state index in [9.17, 15) is 48.4 Å². The molecule has 25 nitrogen and oxygen atoms in total. The quantitative estimate of drug-likeness (QED) is 0.0352. The molecule has 3 fully saturated rings. The van der Waals surface area contributed by atoms with Crippen LogP contribution in [0.5, 0.6) is 0 Å². The fraction of sp³-hybridized carbons (Fsp3) is 0.307. The first-order chi connectivity index (χ1) is 51.8. The van der Waals surface area contributed by atoms with Gasteiger partial charge in [0.2, 0.25) is 22.8 Å². The van der Waals surface area contributed by atoms with E-state index in [0.717, 1.165) is 83.0 Å². The fourth-order valence-corrected chi connectivity index (χ4v) is 18.3. The molecule has 8 heterocycles. The number of rotatable bonds is 18. The summed E-state index contributed by atoms with van der Waals surface area (Å²) in [6.07, 6.45) is 12.8. The van der Waals surface area contributed by atoms with Gasteiger partial charge in [-0.05, 0) is 197 Å². The molecule has 3 atom stereocenters. The molecule has 10 aromatic rings. The zero-order valence-corrected chi connectivity index (χ0v) is 64.2. The number of sulfonamides is 3. The molecule has 0 unspecified atom stereocenters. The van der Waals surface area contributed by atoms with Crippen LogP contribution in [-0.4, -0.2) is 171 Å². The maximum absolute atomic E-state index is 14.5. The minimum atomic E-state index is -3.85. The van der Waals surface area contributed by atoms with Crippen LogP contribution in [0.4, 0.5) is 36.8 Å². The zero-order chi connectivity index (χ0) is 76.4. The molecule has 0 saturated carbocycles. The Kier molecular flexibility index (Phi) is 24.4. The van der Waals surface area contributed by atoms with Gasteiger partial charge in [-0.15, -0.1) is 11.3 Å². The van der Waals surface area contributed by atoms with E-state index >= 15 is 0 Å². The van der Waals surface area contributed by atoms with E-state index in [1.807, 2.05) is 83.3 Å². The Labute approximate surface area is 649 Å². The van der Waals surface area contributed by atoms with Crippen LogP contribution < -0.4 is 34.6 Å². The molecule has 4 aromatic heterocycles. The van der Waals surface area contributed by atoms with Gasteiger partial charge in [0.05, 0.1) is 26.5 Å². The van der Waals surface area contributed by atoms with Crippen LogP contribution >= 0.6 is 35.2 Å². The molecular weight excluding hydrogens is 1500 g/mol. The Hall–Kier alpha value is -10.1. The largest absolute Gasteiger partial charge is 0.390 e. The van der Waals surface area contributed by atoms with Crippen molar-refractivity contribution < 1.29 is 57.0 Å². The van der Waals surface area contributed by atoms with Crippen molar-refractivity contribution in [3.8, 4) is 0 Å². The van der Waals surface area contributed by atoms with Gasteiger partial charge in [-0.25, -0.2) is 54.0 Å². The highest BCUT2D eigenvalue weighted by Gasteiger charge is 2.34. The highest BCUT2D eigenvalue weighted by atomic mass is 35.5. The molecule has 0 spiro atoms. The number of aryl methyl sites for hydroxylation is 2. The number of aliphatic imine (C=N–C) groups is 1. The van der Waals surface area contributed by atoms with Crippen molar-refractivity contribution in [1.29, 1.82) is 0 Å². The molecule has 4 aliphatic heterocycles. The van der Waals surface area contributed by atoms with Gasteiger partial charge >= 0.3 is 0 Å². The van der Waals surface area contributed by atoms with E-state index in [-0.39, 0.29) is 75.6 Å². The Morgan fingerprint density at radius 2 is 1.37 bits per heavy atom. The van der Waals surface area contributed by atoms with Gasteiger partial charge in [0.1, 0.15) is 35.9 Å². The van der Waals surface area contributed by atoms with Crippen LogP contribution in [0.2, 0.25) is 5.02 Å². The van der Waals surface area contributed by atoms with Gasteiger partial charge in [0, 0.05) is 162 Å². The van der Waals surface area contributed by atoms with E-state index in [4.69, 9.17) is 29.6 Å². The van der Waals surface area contributed by atoms with Gasteiger partial charge in [0.15, 0.2) is 5.13 Å². The van der Waals surface area contributed by atoms with Crippen LogP contribution in [0, 0.1) is 11.6 Å². The van der Waals surface area contributed by atoms with Gasteiger partial charge in [-0.3, -0.25) is 28.5 Å². The zero-order valence-electron chi connectivity index (χ0n) is 59.3. The Morgan fingerprint density at radius 1 is 0.704 bits per heavy atom. The Bertz CT molecular complexity index is 5280. The SMILES string of the molecule is C[C@@H]1CN(c2ccc(S(=O)(=O)Nc3nccs3)cc2)CCN1C(=O)[C@@H](C)n1ccc2cccc(F)c21.C[C@H](C(=O)N1CCN(c2ccc(S(=O)(=O)NC(=S)N=CN)cc2)CC1)N1CCCc2cc(F)ccc21.O=C(CCn1ccc2cc(Cl)ccc21)N1CCC(c2ccc(S(=O)(=O)Nc3ccncn3)cc2)CC1.[HH].[HH].[HH].[HH].[HH].[HH]. The normalized spacial score (nSPS) is 16.4.